The monoisotopic (exact) mass is 258 g/mol. The Morgan fingerprint density at radius 2 is 2.17 bits per heavy atom. The average molecular weight is 258 g/mol. The fraction of sp³-hybridized carbons (Fsp3) is 0.167. The van der Waals surface area contributed by atoms with Gasteiger partial charge in [-0.15, -0.1) is 0 Å². The molecule has 0 saturated heterocycles. The lowest BCUT2D eigenvalue weighted by Crippen LogP contribution is -2.16. The van der Waals surface area contributed by atoms with Crippen LogP contribution in [0.5, 0.6) is 0 Å². The molecule has 3 rings (SSSR count). The summed E-state index contributed by atoms with van der Waals surface area (Å²) in [7, 11) is 0. The number of aliphatic imine (C=N–C) groups is 3. The van der Waals surface area contributed by atoms with E-state index in [1.165, 1.54) is 18.1 Å². The fourth-order valence-electron chi connectivity index (χ4n) is 1.69. The smallest absolute Gasteiger partial charge is 0.227 e. The number of para-hydroxylation sites is 1. The third-order valence-electron chi connectivity index (χ3n) is 2.48. The number of amidine groups is 1. The van der Waals surface area contributed by atoms with Gasteiger partial charge in [-0.2, -0.15) is 0 Å². The summed E-state index contributed by atoms with van der Waals surface area (Å²) in [4.78, 5) is 24.2. The third kappa shape index (κ3) is 2.33. The molecule has 1 unspecified atom stereocenters. The van der Waals surface area contributed by atoms with Crippen LogP contribution in [0, 0.1) is 0 Å². The van der Waals surface area contributed by atoms with Crippen LogP contribution in [0.25, 0.3) is 0 Å². The van der Waals surface area contributed by atoms with Gasteiger partial charge in [0.05, 0.1) is 6.42 Å². The molecule has 5 nitrogen and oxygen atoms in total. The maximum Gasteiger partial charge on any atom is 0.227 e. The molecule has 0 fully saturated rings. The number of carbonyl (C=O) groups is 1. The van der Waals surface area contributed by atoms with E-state index in [1.54, 1.807) is 0 Å². The fourth-order valence-corrected chi connectivity index (χ4v) is 2.66. The van der Waals surface area contributed by atoms with Crippen molar-refractivity contribution in [1.82, 2.24) is 0 Å². The van der Waals surface area contributed by atoms with Crippen LogP contribution in [0.1, 0.15) is 6.42 Å². The number of amides is 1. The number of hydrogen-bond donors (Lipinski definition) is 1. The second-order valence-electron chi connectivity index (χ2n) is 3.82. The summed E-state index contributed by atoms with van der Waals surface area (Å²) in [6.45, 7) is 0. The van der Waals surface area contributed by atoms with E-state index in [2.05, 4.69) is 20.3 Å². The number of nitrogens with zero attached hydrogens (tertiary/aromatic N) is 3. The first-order valence-electron chi connectivity index (χ1n) is 5.51. The van der Waals surface area contributed by atoms with E-state index in [-0.39, 0.29) is 11.3 Å². The van der Waals surface area contributed by atoms with Crippen LogP contribution < -0.4 is 5.32 Å². The lowest BCUT2D eigenvalue weighted by Gasteiger charge is -2.07. The molecule has 0 aliphatic carbocycles. The van der Waals surface area contributed by atoms with Crippen molar-refractivity contribution in [2.45, 2.75) is 11.8 Å². The van der Waals surface area contributed by atoms with E-state index in [0.717, 1.165) is 10.7 Å². The highest BCUT2D eigenvalue weighted by Gasteiger charge is 2.28. The third-order valence-corrected chi connectivity index (χ3v) is 3.53. The van der Waals surface area contributed by atoms with Gasteiger partial charge in [-0.1, -0.05) is 30.0 Å². The second-order valence-corrected chi connectivity index (χ2v) is 4.99. The molecule has 1 N–H and O–H groups in total. The number of nitrogens with one attached hydrogen (secondary N) is 1. The first kappa shape index (κ1) is 11.2. The van der Waals surface area contributed by atoms with Crippen molar-refractivity contribution in [3.8, 4) is 0 Å². The summed E-state index contributed by atoms with van der Waals surface area (Å²) in [5.74, 6) is 0.602. The SMILES string of the molecule is O=C(CC1N=C2N=CN=C2S1)Nc1ccccc1. The summed E-state index contributed by atoms with van der Waals surface area (Å²) >= 11 is 1.48. The molecule has 1 amide bonds. The van der Waals surface area contributed by atoms with Crippen LogP contribution in [-0.4, -0.2) is 28.5 Å². The number of hydrogen-bond acceptors (Lipinski definition) is 5. The Balaban J connectivity index is 1.58. The molecule has 1 aromatic carbocycles. The zero-order valence-corrected chi connectivity index (χ0v) is 10.2. The molecule has 1 atom stereocenters. The molecule has 2 aliphatic rings. The zero-order valence-electron chi connectivity index (χ0n) is 9.41. The summed E-state index contributed by atoms with van der Waals surface area (Å²) in [6, 6.07) is 9.39. The topological polar surface area (TPSA) is 66.2 Å². The molecule has 6 heteroatoms. The van der Waals surface area contributed by atoms with Gasteiger partial charge < -0.3 is 5.32 Å². The van der Waals surface area contributed by atoms with E-state index in [0.29, 0.717) is 12.3 Å². The molecule has 90 valence electrons. The summed E-state index contributed by atoms with van der Waals surface area (Å²) in [5.41, 5.74) is 0.800. The van der Waals surface area contributed by atoms with Crippen LogP contribution in [0.15, 0.2) is 45.3 Å². The van der Waals surface area contributed by atoms with Gasteiger partial charge in [0, 0.05) is 5.69 Å². The summed E-state index contributed by atoms with van der Waals surface area (Å²) in [5, 5.41) is 3.54. The van der Waals surface area contributed by atoms with Crippen molar-refractivity contribution >= 4 is 40.6 Å². The van der Waals surface area contributed by atoms with Crippen LogP contribution >= 0.6 is 11.8 Å². The molecule has 0 bridgehead atoms. The Labute approximate surface area is 108 Å². The van der Waals surface area contributed by atoms with E-state index in [1.807, 2.05) is 30.3 Å². The molecule has 2 aliphatic heterocycles. The Morgan fingerprint density at radius 3 is 2.94 bits per heavy atom. The standard InChI is InChI=1S/C12H10N4OS/c17-9(15-8-4-2-1-3-5-8)6-10-16-11-12(18-10)14-7-13-11/h1-5,7,10H,6H2,(H,15,17). The largest absolute Gasteiger partial charge is 0.326 e. The maximum absolute atomic E-state index is 11.8. The molecule has 1 aromatic rings. The van der Waals surface area contributed by atoms with Crippen LogP contribution in [0.4, 0.5) is 5.69 Å². The number of carbonyl (C=O) groups excluding carboxylic acids is 1. The van der Waals surface area contributed by atoms with Crippen molar-refractivity contribution in [3.63, 3.8) is 0 Å². The van der Waals surface area contributed by atoms with E-state index in [9.17, 15) is 4.79 Å². The number of thioether (sulfide) groups is 1. The van der Waals surface area contributed by atoms with Crippen molar-refractivity contribution in [3.05, 3.63) is 30.3 Å². The predicted molar refractivity (Wildman–Crippen MR) is 74.4 cm³/mol. The number of anilines is 1. The van der Waals surface area contributed by atoms with Crippen molar-refractivity contribution in [2.24, 2.45) is 15.0 Å². The molecule has 0 spiro atoms. The minimum atomic E-state index is -0.111. The van der Waals surface area contributed by atoms with Gasteiger partial charge >= 0.3 is 0 Å². The average Bonchev–Trinajstić information content (AvgIpc) is 2.90. The maximum atomic E-state index is 11.8. The Hall–Kier alpha value is -1.95. The Bertz CT molecular complexity index is 565. The highest BCUT2D eigenvalue weighted by molar-refractivity contribution is 8.16. The van der Waals surface area contributed by atoms with Gasteiger partial charge in [-0.25, -0.2) is 15.0 Å². The highest BCUT2D eigenvalue weighted by atomic mass is 32.2. The minimum absolute atomic E-state index is 0.0485. The van der Waals surface area contributed by atoms with Crippen LogP contribution in [0.3, 0.4) is 0 Å². The molecule has 0 saturated carbocycles. The van der Waals surface area contributed by atoms with Gasteiger partial charge in [0.15, 0.2) is 5.84 Å². The van der Waals surface area contributed by atoms with Gasteiger partial charge in [0.25, 0.3) is 0 Å². The molecule has 0 aromatic heterocycles. The van der Waals surface area contributed by atoms with E-state index < -0.39 is 0 Å². The molecule has 2 heterocycles. The minimum Gasteiger partial charge on any atom is -0.326 e. The Morgan fingerprint density at radius 1 is 1.33 bits per heavy atom. The van der Waals surface area contributed by atoms with E-state index in [4.69, 9.17) is 0 Å². The summed E-state index contributed by atoms with van der Waals surface area (Å²) in [6.07, 6.45) is 1.82. The molecule has 18 heavy (non-hydrogen) atoms. The van der Waals surface area contributed by atoms with Crippen LogP contribution in [0.2, 0.25) is 0 Å². The predicted octanol–water partition coefficient (Wildman–Crippen LogP) is 1.93. The molecule has 0 radical (unpaired) electrons. The van der Waals surface area contributed by atoms with Crippen LogP contribution in [-0.2, 0) is 4.79 Å². The first-order valence-corrected chi connectivity index (χ1v) is 6.39. The number of fused-ring (bicyclic) bond motifs is 1. The lowest BCUT2D eigenvalue weighted by molar-refractivity contribution is -0.116. The molecular weight excluding hydrogens is 248 g/mol. The Kier molecular flexibility index (Phi) is 2.93. The van der Waals surface area contributed by atoms with Gasteiger partial charge in [-0.05, 0) is 12.1 Å². The normalized spacial score (nSPS) is 20.3. The molecular formula is C12H10N4OS. The van der Waals surface area contributed by atoms with Crippen molar-refractivity contribution < 1.29 is 4.79 Å². The number of benzene rings is 1. The van der Waals surface area contributed by atoms with Gasteiger partial charge in [-0.3, -0.25) is 4.79 Å². The first-order chi connectivity index (χ1) is 8.81. The van der Waals surface area contributed by atoms with Gasteiger partial charge in [0.1, 0.15) is 16.8 Å². The van der Waals surface area contributed by atoms with E-state index >= 15 is 0 Å². The van der Waals surface area contributed by atoms with Crippen molar-refractivity contribution in [2.75, 3.05) is 5.32 Å². The van der Waals surface area contributed by atoms with Gasteiger partial charge in [0.2, 0.25) is 5.91 Å². The zero-order chi connectivity index (χ0) is 12.4. The highest BCUT2D eigenvalue weighted by Crippen LogP contribution is 2.28. The number of rotatable bonds is 3. The lowest BCUT2D eigenvalue weighted by atomic mass is 10.3. The quantitative estimate of drug-likeness (QED) is 0.900. The van der Waals surface area contributed by atoms with Crippen molar-refractivity contribution in [1.29, 1.82) is 0 Å². The summed E-state index contributed by atoms with van der Waals surface area (Å²) < 4.78 is 0. The second kappa shape index (κ2) is 4.73.